The number of likely N-dealkylation sites (tertiary alicyclic amines) is 1. The lowest BCUT2D eigenvalue weighted by atomic mass is 9.62. The van der Waals surface area contributed by atoms with Crippen molar-refractivity contribution >= 4 is 17.7 Å². The molecule has 3 unspecified atom stereocenters. The van der Waals surface area contributed by atoms with E-state index < -0.39 is 29.1 Å². The molecule has 8 heteroatoms. The molecule has 3 heterocycles. The highest BCUT2D eigenvalue weighted by Gasteiger charge is 2.79. The summed E-state index contributed by atoms with van der Waals surface area (Å²) in [5, 5.41) is 15.0. The molecule has 2 bridgehead atoms. The summed E-state index contributed by atoms with van der Waals surface area (Å²) in [4.78, 5) is 42.3. The largest absolute Gasteiger partial charge is 0.396 e. The van der Waals surface area contributed by atoms with Gasteiger partial charge in [-0.3, -0.25) is 14.4 Å². The fourth-order valence-corrected chi connectivity index (χ4v) is 7.11. The van der Waals surface area contributed by atoms with Crippen LogP contribution in [0, 0.1) is 17.8 Å². The van der Waals surface area contributed by atoms with Crippen molar-refractivity contribution < 1.29 is 24.2 Å². The van der Waals surface area contributed by atoms with Crippen molar-refractivity contribution in [1.82, 2.24) is 15.5 Å². The summed E-state index contributed by atoms with van der Waals surface area (Å²) in [6.07, 6.45) is 9.25. The zero-order valence-corrected chi connectivity index (χ0v) is 20.4. The van der Waals surface area contributed by atoms with Crippen molar-refractivity contribution in [1.29, 1.82) is 0 Å². The van der Waals surface area contributed by atoms with Gasteiger partial charge < -0.3 is 25.4 Å². The van der Waals surface area contributed by atoms with Crippen molar-refractivity contribution in [3.63, 3.8) is 0 Å². The van der Waals surface area contributed by atoms with Crippen molar-refractivity contribution in [3.8, 4) is 0 Å². The van der Waals surface area contributed by atoms with Crippen LogP contribution < -0.4 is 10.6 Å². The molecular formula is C25H41N3O5. The predicted octanol–water partition coefficient (Wildman–Crippen LogP) is 1.74. The summed E-state index contributed by atoms with van der Waals surface area (Å²) in [5.74, 6) is -1.58. The van der Waals surface area contributed by atoms with Gasteiger partial charge in [-0.15, -0.1) is 0 Å². The van der Waals surface area contributed by atoms with E-state index in [4.69, 9.17) is 9.84 Å². The molecule has 6 atom stereocenters. The van der Waals surface area contributed by atoms with Gasteiger partial charge in [0.25, 0.3) is 0 Å². The van der Waals surface area contributed by atoms with Gasteiger partial charge in [-0.1, -0.05) is 39.0 Å². The number of hydrogen-bond donors (Lipinski definition) is 3. The molecule has 4 fully saturated rings. The van der Waals surface area contributed by atoms with Crippen LogP contribution in [-0.4, -0.2) is 71.2 Å². The Hall–Kier alpha value is -1.67. The maximum atomic E-state index is 13.8. The zero-order valence-electron chi connectivity index (χ0n) is 20.4. The van der Waals surface area contributed by atoms with Crippen LogP contribution in [0.15, 0.2) is 0 Å². The number of aliphatic hydroxyl groups is 1. The van der Waals surface area contributed by atoms with Crippen LogP contribution in [0.25, 0.3) is 0 Å². The van der Waals surface area contributed by atoms with E-state index in [1.165, 1.54) is 6.42 Å². The highest BCUT2D eigenvalue weighted by molar-refractivity contribution is 5.99. The van der Waals surface area contributed by atoms with Crippen molar-refractivity contribution in [2.45, 2.75) is 101 Å². The van der Waals surface area contributed by atoms with Crippen LogP contribution in [-0.2, 0) is 19.1 Å². The molecule has 0 aromatic rings. The van der Waals surface area contributed by atoms with E-state index in [0.717, 1.165) is 51.4 Å². The number of nitrogens with one attached hydrogen (secondary N) is 2. The second-order valence-electron chi connectivity index (χ2n) is 10.8. The number of carbonyl (C=O) groups excluding carboxylic acids is 3. The van der Waals surface area contributed by atoms with Gasteiger partial charge in [-0.25, -0.2) is 0 Å². The molecule has 3 saturated heterocycles. The number of aliphatic hydroxyl groups excluding tert-OH is 1. The summed E-state index contributed by atoms with van der Waals surface area (Å²) in [6.45, 7) is 4.64. The molecule has 4 rings (SSSR count). The monoisotopic (exact) mass is 463 g/mol. The Balaban J connectivity index is 1.63. The van der Waals surface area contributed by atoms with Gasteiger partial charge in [-0.2, -0.15) is 0 Å². The number of unbranched alkanes of at least 4 members (excludes halogenated alkanes) is 3. The maximum absolute atomic E-state index is 13.8. The van der Waals surface area contributed by atoms with Gasteiger partial charge in [0.15, 0.2) is 0 Å². The third kappa shape index (κ3) is 3.97. The minimum Gasteiger partial charge on any atom is -0.396 e. The van der Waals surface area contributed by atoms with E-state index in [-0.39, 0.29) is 36.3 Å². The highest BCUT2D eigenvalue weighted by atomic mass is 16.5. The SMILES string of the molecule is CNC(=O)[C@H]1[C@H]2C(=O)N(CCCCCCO)C(C(=O)NC3CCCCC3)C23CC(C)[C@]1(C)O3. The van der Waals surface area contributed by atoms with Gasteiger partial charge in [0.05, 0.1) is 17.4 Å². The van der Waals surface area contributed by atoms with Crippen LogP contribution in [0.2, 0.25) is 0 Å². The molecule has 1 aliphatic carbocycles. The molecule has 8 nitrogen and oxygen atoms in total. The van der Waals surface area contributed by atoms with Crippen LogP contribution in [0.5, 0.6) is 0 Å². The Labute approximate surface area is 197 Å². The molecule has 0 radical (unpaired) electrons. The highest BCUT2D eigenvalue weighted by Crippen LogP contribution is 2.65. The number of rotatable bonds is 9. The zero-order chi connectivity index (χ0) is 23.8. The van der Waals surface area contributed by atoms with Crippen LogP contribution in [0.4, 0.5) is 0 Å². The minimum atomic E-state index is -0.952. The normalized spacial score (nSPS) is 37.9. The van der Waals surface area contributed by atoms with Gasteiger partial charge >= 0.3 is 0 Å². The fourth-order valence-electron chi connectivity index (χ4n) is 7.11. The van der Waals surface area contributed by atoms with Gasteiger partial charge in [0.1, 0.15) is 11.6 Å². The van der Waals surface area contributed by atoms with E-state index in [9.17, 15) is 14.4 Å². The molecule has 4 aliphatic rings. The van der Waals surface area contributed by atoms with Gasteiger partial charge in [0.2, 0.25) is 17.7 Å². The molecule has 0 aromatic heterocycles. The molecule has 0 aromatic carbocycles. The number of ether oxygens (including phenoxy) is 1. The predicted molar refractivity (Wildman–Crippen MR) is 123 cm³/mol. The Morgan fingerprint density at radius 2 is 1.82 bits per heavy atom. The average molecular weight is 464 g/mol. The third-order valence-electron chi connectivity index (χ3n) is 8.85. The van der Waals surface area contributed by atoms with Crippen LogP contribution >= 0.6 is 0 Å². The first-order valence-electron chi connectivity index (χ1n) is 12.9. The summed E-state index contributed by atoms with van der Waals surface area (Å²) >= 11 is 0. The lowest BCUT2D eigenvalue weighted by Gasteiger charge is -2.36. The molecule has 3 N–H and O–H groups in total. The molecule has 1 saturated carbocycles. The second kappa shape index (κ2) is 9.53. The third-order valence-corrected chi connectivity index (χ3v) is 8.85. The van der Waals surface area contributed by atoms with Gasteiger partial charge in [0, 0.05) is 26.2 Å². The molecule has 186 valence electrons. The smallest absolute Gasteiger partial charge is 0.246 e. The van der Waals surface area contributed by atoms with Crippen LogP contribution in [0.1, 0.15) is 78.1 Å². The number of nitrogens with zero attached hydrogens (tertiary/aromatic N) is 1. The quantitative estimate of drug-likeness (QED) is 0.452. The topological polar surface area (TPSA) is 108 Å². The number of carbonyl (C=O) groups is 3. The van der Waals surface area contributed by atoms with E-state index >= 15 is 0 Å². The number of hydrogen-bond acceptors (Lipinski definition) is 5. The van der Waals surface area contributed by atoms with Crippen molar-refractivity contribution in [2.24, 2.45) is 17.8 Å². The Morgan fingerprint density at radius 3 is 2.48 bits per heavy atom. The summed E-state index contributed by atoms with van der Waals surface area (Å²) < 4.78 is 6.67. The van der Waals surface area contributed by atoms with Crippen molar-refractivity contribution in [3.05, 3.63) is 0 Å². The Kier molecular flexibility index (Phi) is 7.06. The first-order chi connectivity index (χ1) is 15.8. The standard InChI is InChI=1S/C25H41N3O5/c1-16-15-25-19(18(21(30)26-3)24(16,2)33-25)23(32)28(13-9-4-5-10-14-29)20(25)22(31)27-17-11-7-6-8-12-17/h16-20,29H,4-15H2,1-3H3,(H,26,30)(H,27,31)/t16?,18-,19+,20?,24+,25?/m1/s1. The summed E-state index contributed by atoms with van der Waals surface area (Å²) in [5.41, 5.74) is -1.71. The molecule has 33 heavy (non-hydrogen) atoms. The Bertz CT molecular complexity index is 769. The first kappa shape index (κ1) is 24.5. The molecule has 3 aliphatic heterocycles. The van der Waals surface area contributed by atoms with E-state index in [1.54, 1.807) is 11.9 Å². The lowest BCUT2D eigenvalue weighted by Crippen LogP contribution is -2.57. The second-order valence-corrected chi connectivity index (χ2v) is 10.8. The summed E-state index contributed by atoms with van der Waals surface area (Å²) in [6, 6.07) is -0.557. The van der Waals surface area contributed by atoms with E-state index in [0.29, 0.717) is 13.0 Å². The molecule has 1 spiro atoms. The number of fused-ring (bicyclic) bond motifs is 1. The molecule has 3 amide bonds. The molecular weight excluding hydrogens is 422 g/mol. The lowest BCUT2D eigenvalue weighted by molar-refractivity contribution is -0.147. The van der Waals surface area contributed by atoms with Gasteiger partial charge in [-0.05, 0) is 44.9 Å². The fraction of sp³-hybridized carbons (Fsp3) is 0.880. The van der Waals surface area contributed by atoms with Crippen molar-refractivity contribution in [2.75, 3.05) is 20.2 Å². The van der Waals surface area contributed by atoms with E-state index in [2.05, 4.69) is 17.6 Å². The van der Waals surface area contributed by atoms with Crippen LogP contribution in [0.3, 0.4) is 0 Å². The van der Waals surface area contributed by atoms with E-state index in [1.807, 2.05) is 6.92 Å². The maximum Gasteiger partial charge on any atom is 0.246 e. The Morgan fingerprint density at radius 1 is 1.12 bits per heavy atom. The average Bonchev–Trinajstić information content (AvgIpc) is 3.30. The summed E-state index contributed by atoms with van der Waals surface area (Å²) in [7, 11) is 1.60. The minimum absolute atomic E-state index is 0.0679. The first-order valence-corrected chi connectivity index (χ1v) is 12.9. The number of amides is 3.